The SMILES string of the molecule is C=CCn1c([C@H](C)Oc2cc(C)c(Cl)c(C)c2)n[nH]c1=S. The molecule has 0 unspecified atom stereocenters. The average molecular weight is 324 g/mol. The topological polar surface area (TPSA) is 42.8 Å². The molecular weight excluding hydrogens is 306 g/mol. The third-order valence-corrected chi connectivity index (χ3v) is 4.09. The summed E-state index contributed by atoms with van der Waals surface area (Å²) in [5.74, 6) is 1.51. The number of allylic oxidation sites excluding steroid dienone is 1. The number of halogens is 1. The van der Waals surface area contributed by atoms with Crippen LogP contribution in [0, 0.1) is 18.6 Å². The normalized spacial score (nSPS) is 12.2. The highest BCUT2D eigenvalue weighted by atomic mass is 35.5. The Morgan fingerprint density at radius 3 is 2.67 bits per heavy atom. The van der Waals surface area contributed by atoms with Gasteiger partial charge >= 0.3 is 0 Å². The molecule has 1 atom stereocenters. The van der Waals surface area contributed by atoms with Gasteiger partial charge in [-0.2, -0.15) is 5.10 Å². The molecule has 1 aromatic carbocycles. The molecule has 1 aromatic heterocycles. The minimum atomic E-state index is -0.238. The Balaban J connectivity index is 2.28. The first kappa shape index (κ1) is 15.8. The highest BCUT2D eigenvalue weighted by molar-refractivity contribution is 7.71. The quantitative estimate of drug-likeness (QED) is 0.649. The predicted octanol–water partition coefficient (Wildman–Crippen LogP) is 4.54. The van der Waals surface area contributed by atoms with E-state index in [1.807, 2.05) is 37.5 Å². The standard InChI is InChI=1S/C15H18ClN3OS/c1-5-6-19-14(17-18-15(19)21)11(4)20-12-7-9(2)13(16)10(3)8-12/h5,7-8,11H,1,6H2,2-4H3,(H,18,21)/t11-/m0/s1. The summed E-state index contributed by atoms with van der Waals surface area (Å²) in [5.41, 5.74) is 1.98. The molecular formula is C15H18ClN3OS. The summed E-state index contributed by atoms with van der Waals surface area (Å²) in [6, 6.07) is 3.84. The van der Waals surface area contributed by atoms with Gasteiger partial charge in [0.2, 0.25) is 0 Å². The van der Waals surface area contributed by atoms with Gasteiger partial charge in [-0.1, -0.05) is 17.7 Å². The van der Waals surface area contributed by atoms with Gasteiger partial charge in [0, 0.05) is 11.6 Å². The van der Waals surface area contributed by atoms with Gasteiger partial charge in [-0.25, -0.2) is 0 Å². The number of aryl methyl sites for hydroxylation is 2. The van der Waals surface area contributed by atoms with Crippen LogP contribution in [0.15, 0.2) is 24.8 Å². The lowest BCUT2D eigenvalue weighted by atomic mass is 10.1. The highest BCUT2D eigenvalue weighted by Crippen LogP contribution is 2.28. The van der Waals surface area contributed by atoms with E-state index in [0.717, 1.165) is 27.7 Å². The number of hydrogen-bond acceptors (Lipinski definition) is 3. The summed E-state index contributed by atoms with van der Waals surface area (Å²) in [6.45, 7) is 10.2. The summed E-state index contributed by atoms with van der Waals surface area (Å²) in [5, 5.41) is 7.80. The largest absolute Gasteiger partial charge is 0.483 e. The van der Waals surface area contributed by atoms with Crippen molar-refractivity contribution in [3.8, 4) is 5.75 Å². The van der Waals surface area contributed by atoms with Gasteiger partial charge in [0.1, 0.15) is 5.75 Å². The van der Waals surface area contributed by atoms with Gasteiger partial charge in [0.05, 0.1) is 0 Å². The monoisotopic (exact) mass is 323 g/mol. The number of nitrogens with one attached hydrogen (secondary N) is 1. The second-order valence-electron chi connectivity index (χ2n) is 4.92. The Kier molecular flexibility index (Phi) is 4.85. The Morgan fingerprint density at radius 1 is 1.48 bits per heavy atom. The summed E-state index contributed by atoms with van der Waals surface area (Å²) in [4.78, 5) is 0. The van der Waals surface area contributed by atoms with Gasteiger partial charge in [-0.15, -0.1) is 6.58 Å². The average Bonchev–Trinajstić information content (AvgIpc) is 2.78. The van der Waals surface area contributed by atoms with Crippen molar-refractivity contribution < 1.29 is 4.74 Å². The molecule has 21 heavy (non-hydrogen) atoms. The molecule has 0 bridgehead atoms. The maximum absolute atomic E-state index is 6.17. The number of hydrogen-bond donors (Lipinski definition) is 1. The smallest absolute Gasteiger partial charge is 0.195 e. The minimum absolute atomic E-state index is 0.238. The molecule has 2 rings (SSSR count). The van der Waals surface area contributed by atoms with Crippen molar-refractivity contribution in [1.29, 1.82) is 0 Å². The van der Waals surface area contributed by atoms with Crippen LogP contribution >= 0.6 is 23.8 Å². The molecule has 6 heteroatoms. The third kappa shape index (κ3) is 3.36. The van der Waals surface area contributed by atoms with Crippen molar-refractivity contribution in [2.75, 3.05) is 0 Å². The molecule has 0 radical (unpaired) electrons. The van der Waals surface area contributed by atoms with Gasteiger partial charge in [-0.05, 0) is 56.2 Å². The molecule has 0 saturated carbocycles. The van der Waals surface area contributed by atoms with E-state index in [4.69, 9.17) is 28.6 Å². The zero-order valence-corrected chi connectivity index (χ0v) is 13.9. The van der Waals surface area contributed by atoms with Gasteiger partial charge in [0.15, 0.2) is 16.7 Å². The number of benzene rings is 1. The number of aromatic nitrogens is 3. The van der Waals surface area contributed by atoms with Gasteiger partial charge in [-0.3, -0.25) is 9.67 Å². The first-order chi connectivity index (χ1) is 9.93. The van der Waals surface area contributed by atoms with Crippen LogP contribution in [0.2, 0.25) is 5.02 Å². The molecule has 112 valence electrons. The third-order valence-electron chi connectivity index (χ3n) is 3.19. The molecule has 1 heterocycles. The fourth-order valence-electron chi connectivity index (χ4n) is 2.18. The van der Waals surface area contributed by atoms with E-state index in [-0.39, 0.29) is 6.10 Å². The van der Waals surface area contributed by atoms with Crippen molar-refractivity contribution in [3.63, 3.8) is 0 Å². The van der Waals surface area contributed by atoms with E-state index < -0.39 is 0 Å². The molecule has 0 fully saturated rings. The van der Waals surface area contributed by atoms with Crippen molar-refractivity contribution in [2.24, 2.45) is 0 Å². The van der Waals surface area contributed by atoms with Crippen LogP contribution in [0.25, 0.3) is 0 Å². The molecule has 0 aliphatic heterocycles. The molecule has 2 aromatic rings. The van der Waals surface area contributed by atoms with Crippen molar-refractivity contribution >= 4 is 23.8 Å². The summed E-state index contributed by atoms with van der Waals surface area (Å²) in [6.07, 6.45) is 1.54. The highest BCUT2D eigenvalue weighted by Gasteiger charge is 2.16. The van der Waals surface area contributed by atoms with Crippen LogP contribution in [-0.4, -0.2) is 14.8 Å². The van der Waals surface area contributed by atoms with E-state index in [2.05, 4.69) is 16.8 Å². The lowest BCUT2D eigenvalue weighted by Crippen LogP contribution is -2.11. The van der Waals surface area contributed by atoms with E-state index in [9.17, 15) is 0 Å². The number of ether oxygens (including phenoxy) is 1. The first-order valence-electron chi connectivity index (χ1n) is 6.63. The summed E-state index contributed by atoms with van der Waals surface area (Å²) < 4.78 is 8.40. The zero-order valence-electron chi connectivity index (χ0n) is 12.3. The molecule has 4 nitrogen and oxygen atoms in total. The van der Waals surface area contributed by atoms with Crippen molar-refractivity contribution in [1.82, 2.24) is 14.8 Å². The molecule has 0 aliphatic carbocycles. The van der Waals surface area contributed by atoms with Gasteiger partial charge in [0.25, 0.3) is 0 Å². The Hall–Kier alpha value is -1.59. The van der Waals surface area contributed by atoms with E-state index in [0.29, 0.717) is 11.3 Å². The maximum Gasteiger partial charge on any atom is 0.195 e. The van der Waals surface area contributed by atoms with E-state index in [1.54, 1.807) is 6.08 Å². The molecule has 1 N–H and O–H groups in total. The number of H-pyrrole nitrogens is 1. The Bertz CT molecular complexity index is 697. The number of nitrogens with zero attached hydrogens (tertiary/aromatic N) is 2. The van der Waals surface area contributed by atoms with Crippen LogP contribution in [-0.2, 0) is 6.54 Å². The van der Waals surface area contributed by atoms with Gasteiger partial charge < -0.3 is 4.74 Å². The fourth-order valence-corrected chi connectivity index (χ4v) is 2.50. The predicted molar refractivity (Wildman–Crippen MR) is 87.6 cm³/mol. The van der Waals surface area contributed by atoms with Crippen LogP contribution in [0.1, 0.15) is 30.0 Å². The minimum Gasteiger partial charge on any atom is -0.483 e. The molecule has 0 saturated heterocycles. The zero-order chi connectivity index (χ0) is 15.6. The number of rotatable bonds is 5. The second-order valence-corrected chi connectivity index (χ2v) is 5.68. The fraction of sp³-hybridized carbons (Fsp3) is 0.333. The maximum atomic E-state index is 6.17. The second kappa shape index (κ2) is 6.45. The van der Waals surface area contributed by atoms with Crippen molar-refractivity contribution in [2.45, 2.75) is 33.4 Å². The van der Waals surface area contributed by atoms with Crippen LogP contribution in [0.3, 0.4) is 0 Å². The lowest BCUT2D eigenvalue weighted by Gasteiger charge is -2.16. The van der Waals surface area contributed by atoms with E-state index >= 15 is 0 Å². The van der Waals surface area contributed by atoms with E-state index in [1.165, 1.54) is 0 Å². The van der Waals surface area contributed by atoms with Crippen molar-refractivity contribution in [3.05, 3.63) is 51.5 Å². The molecule has 0 amide bonds. The van der Waals surface area contributed by atoms with Crippen LogP contribution in [0.4, 0.5) is 0 Å². The Morgan fingerprint density at radius 2 is 2.10 bits per heavy atom. The summed E-state index contributed by atoms with van der Waals surface area (Å²) >= 11 is 11.4. The Labute approximate surface area is 134 Å². The van der Waals surface area contributed by atoms with Crippen LogP contribution in [0.5, 0.6) is 5.75 Å². The number of aromatic amines is 1. The lowest BCUT2D eigenvalue weighted by molar-refractivity contribution is 0.211. The first-order valence-corrected chi connectivity index (χ1v) is 7.42. The van der Waals surface area contributed by atoms with Crippen LogP contribution < -0.4 is 4.74 Å². The summed E-state index contributed by atoms with van der Waals surface area (Å²) in [7, 11) is 0. The molecule has 0 spiro atoms. The molecule has 0 aliphatic rings.